The van der Waals surface area contributed by atoms with Crippen molar-refractivity contribution in [2.75, 3.05) is 0 Å². The van der Waals surface area contributed by atoms with Crippen molar-refractivity contribution >= 4 is 21.8 Å². The van der Waals surface area contributed by atoms with Gasteiger partial charge in [0.1, 0.15) is 0 Å². The Hall–Kier alpha value is -6.65. The molecule has 0 spiro atoms. The van der Waals surface area contributed by atoms with Crippen LogP contribution in [0.5, 0.6) is 0 Å². The zero-order valence-electron chi connectivity index (χ0n) is 26.6. The molecular weight excluding hydrogens is 597 g/mol. The van der Waals surface area contributed by atoms with Gasteiger partial charge in [0.05, 0.1) is 22.4 Å². The molecule has 0 atom stereocenters. The molecule has 0 amide bonds. The summed E-state index contributed by atoms with van der Waals surface area (Å²) in [7, 11) is 0. The van der Waals surface area contributed by atoms with E-state index in [0.29, 0.717) is 5.82 Å². The van der Waals surface area contributed by atoms with Gasteiger partial charge in [-0.05, 0) is 47.0 Å². The van der Waals surface area contributed by atoms with Gasteiger partial charge in [-0.1, -0.05) is 140 Å². The molecule has 4 heteroatoms. The molecule has 9 rings (SSSR count). The molecule has 3 aromatic heterocycles. The van der Waals surface area contributed by atoms with E-state index in [1.807, 2.05) is 30.5 Å². The van der Waals surface area contributed by atoms with Gasteiger partial charge < -0.3 is 4.57 Å². The molecule has 0 saturated carbocycles. The molecule has 0 bridgehead atoms. The normalized spacial score (nSPS) is 11.3. The molecule has 0 fully saturated rings. The Labute approximate surface area is 284 Å². The van der Waals surface area contributed by atoms with Gasteiger partial charge in [0.2, 0.25) is 0 Å². The van der Waals surface area contributed by atoms with Crippen molar-refractivity contribution in [3.05, 3.63) is 182 Å². The Bertz CT molecular complexity index is 2560. The maximum atomic E-state index is 5.08. The molecule has 0 aliphatic carbocycles. The number of hydrogen-bond acceptors (Lipinski definition) is 3. The van der Waals surface area contributed by atoms with E-state index in [4.69, 9.17) is 9.97 Å². The Balaban J connectivity index is 1.15. The molecule has 0 aliphatic rings. The van der Waals surface area contributed by atoms with Gasteiger partial charge in [-0.15, -0.1) is 0 Å². The van der Waals surface area contributed by atoms with Crippen molar-refractivity contribution in [2.45, 2.75) is 0 Å². The molecular formula is C45H30N4. The minimum absolute atomic E-state index is 0.700. The number of nitrogens with zero attached hydrogens (tertiary/aromatic N) is 4. The lowest BCUT2D eigenvalue weighted by Crippen LogP contribution is -1.96. The molecule has 0 saturated heterocycles. The highest BCUT2D eigenvalue weighted by Crippen LogP contribution is 2.39. The average Bonchev–Trinajstić information content (AvgIpc) is 3.54. The first-order valence-corrected chi connectivity index (χ1v) is 16.4. The standard InChI is InChI=1S/C45H30N4/c1-3-11-35(12-4-1)45-47-41(33-24-20-31(21-25-33)36-13-10-28-46-30-36)29-42(48-45)34-26-22-32(23-27-34)38-17-9-18-40-39-16-7-8-19-43(39)49(44(38)40)37-14-5-2-6-15-37/h1-30H. The molecule has 4 nitrogen and oxygen atoms in total. The number of para-hydroxylation sites is 3. The molecule has 49 heavy (non-hydrogen) atoms. The largest absolute Gasteiger partial charge is 0.309 e. The fourth-order valence-corrected chi connectivity index (χ4v) is 6.74. The summed E-state index contributed by atoms with van der Waals surface area (Å²) in [6, 6.07) is 59.5. The summed E-state index contributed by atoms with van der Waals surface area (Å²) in [5.41, 5.74) is 12.9. The molecule has 230 valence electrons. The first-order valence-electron chi connectivity index (χ1n) is 16.4. The fourth-order valence-electron chi connectivity index (χ4n) is 6.74. The van der Waals surface area contributed by atoms with Gasteiger partial charge >= 0.3 is 0 Å². The van der Waals surface area contributed by atoms with Crippen LogP contribution >= 0.6 is 0 Å². The second-order valence-electron chi connectivity index (χ2n) is 12.1. The van der Waals surface area contributed by atoms with Crippen LogP contribution in [0.25, 0.3) is 83.6 Å². The summed E-state index contributed by atoms with van der Waals surface area (Å²) in [5, 5.41) is 2.48. The number of hydrogen-bond donors (Lipinski definition) is 0. The topological polar surface area (TPSA) is 43.6 Å². The molecule has 0 radical (unpaired) electrons. The summed E-state index contributed by atoms with van der Waals surface area (Å²) in [6.07, 6.45) is 3.68. The number of fused-ring (bicyclic) bond motifs is 3. The molecule has 9 aromatic rings. The highest BCUT2D eigenvalue weighted by atomic mass is 15.0. The number of benzene rings is 6. The zero-order valence-corrected chi connectivity index (χ0v) is 26.6. The van der Waals surface area contributed by atoms with Crippen molar-refractivity contribution in [1.82, 2.24) is 19.5 Å². The lowest BCUT2D eigenvalue weighted by molar-refractivity contribution is 1.18. The Morgan fingerprint density at radius 3 is 1.69 bits per heavy atom. The highest BCUT2D eigenvalue weighted by Gasteiger charge is 2.17. The van der Waals surface area contributed by atoms with Crippen LogP contribution in [0.15, 0.2) is 182 Å². The molecule has 0 N–H and O–H groups in total. The maximum Gasteiger partial charge on any atom is 0.160 e. The molecule has 0 aliphatic heterocycles. The predicted molar refractivity (Wildman–Crippen MR) is 201 cm³/mol. The van der Waals surface area contributed by atoms with Crippen LogP contribution in [0, 0.1) is 0 Å². The maximum absolute atomic E-state index is 5.08. The van der Waals surface area contributed by atoms with E-state index in [1.165, 1.54) is 27.4 Å². The van der Waals surface area contributed by atoms with Crippen LogP contribution in [0.1, 0.15) is 0 Å². The second kappa shape index (κ2) is 12.2. The monoisotopic (exact) mass is 626 g/mol. The fraction of sp³-hybridized carbons (Fsp3) is 0. The molecule has 0 unspecified atom stereocenters. The predicted octanol–water partition coefficient (Wildman–Crippen LogP) is 11.3. The lowest BCUT2D eigenvalue weighted by Gasteiger charge is -2.13. The van der Waals surface area contributed by atoms with Crippen molar-refractivity contribution < 1.29 is 0 Å². The Morgan fingerprint density at radius 1 is 0.408 bits per heavy atom. The van der Waals surface area contributed by atoms with E-state index >= 15 is 0 Å². The van der Waals surface area contributed by atoms with Crippen molar-refractivity contribution in [1.29, 1.82) is 0 Å². The quantitative estimate of drug-likeness (QED) is 0.184. The van der Waals surface area contributed by atoms with E-state index in [9.17, 15) is 0 Å². The van der Waals surface area contributed by atoms with Crippen molar-refractivity contribution in [3.8, 4) is 61.8 Å². The Morgan fingerprint density at radius 2 is 1.00 bits per heavy atom. The SMILES string of the molecule is c1ccc(-c2nc(-c3ccc(-c4cccnc4)cc3)cc(-c3ccc(-c4cccc5c6ccccc6n(-c6ccccc6)c45)cc3)n2)cc1. The third kappa shape index (κ3) is 5.26. The molecule has 6 aromatic carbocycles. The summed E-state index contributed by atoms with van der Waals surface area (Å²) in [5.74, 6) is 0.700. The number of aromatic nitrogens is 4. The minimum atomic E-state index is 0.700. The van der Waals surface area contributed by atoms with E-state index in [2.05, 4.69) is 155 Å². The average molecular weight is 627 g/mol. The van der Waals surface area contributed by atoms with E-state index < -0.39 is 0 Å². The van der Waals surface area contributed by atoms with Crippen LogP contribution < -0.4 is 0 Å². The third-order valence-corrected chi connectivity index (χ3v) is 9.13. The van der Waals surface area contributed by atoms with Crippen LogP contribution in [-0.2, 0) is 0 Å². The van der Waals surface area contributed by atoms with Crippen molar-refractivity contribution in [3.63, 3.8) is 0 Å². The van der Waals surface area contributed by atoms with Gasteiger partial charge in [-0.25, -0.2) is 9.97 Å². The van der Waals surface area contributed by atoms with Gasteiger partial charge in [0.25, 0.3) is 0 Å². The lowest BCUT2D eigenvalue weighted by atomic mass is 9.99. The van der Waals surface area contributed by atoms with Crippen molar-refractivity contribution in [2.24, 2.45) is 0 Å². The van der Waals surface area contributed by atoms with Crippen LogP contribution in [0.4, 0.5) is 0 Å². The minimum Gasteiger partial charge on any atom is -0.309 e. The molecule has 3 heterocycles. The summed E-state index contributed by atoms with van der Waals surface area (Å²) in [4.78, 5) is 14.4. The summed E-state index contributed by atoms with van der Waals surface area (Å²) < 4.78 is 2.39. The smallest absolute Gasteiger partial charge is 0.160 e. The van der Waals surface area contributed by atoms with E-state index in [-0.39, 0.29) is 0 Å². The first-order chi connectivity index (χ1) is 24.3. The van der Waals surface area contributed by atoms with Crippen LogP contribution in [0.2, 0.25) is 0 Å². The van der Waals surface area contributed by atoms with Gasteiger partial charge in [0.15, 0.2) is 5.82 Å². The van der Waals surface area contributed by atoms with Gasteiger partial charge in [-0.2, -0.15) is 0 Å². The van der Waals surface area contributed by atoms with Crippen LogP contribution in [-0.4, -0.2) is 19.5 Å². The Kier molecular flexibility index (Phi) is 7.10. The number of pyridine rings is 1. The summed E-state index contributed by atoms with van der Waals surface area (Å²) in [6.45, 7) is 0. The second-order valence-corrected chi connectivity index (χ2v) is 12.1. The van der Waals surface area contributed by atoms with Gasteiger partial charge in [0, 0.05) is 51.1 Å². The van der Waals surface area contributed by atoms with E-state index in [1.54, 1.807) is 6.20 Å². The zero-order chi connectivity index (χ0) is 32.6. The van der Waals surface area contributed by atoms with E-state index in [0.717, 1.165) is 50.5 Å². The third-order valence-electron chi connectivity index (χ3n) is 9.13. The van der Waals surface area contributed by atoms with Gasteiger partial charge in [-0.3, -0.25) is 4.98 Å². The van der Waals surface area contributed by atoms with Crippen LogP contribution in [0.3, 0.4) is 0 Å². The number of rotatable bonds is 6. The highest BCUT2D eigenvalue weighted by molar-refractivity contribution is 6.13. The summed E-state index contributed by atoms with van der Waals surface area (Å²) >= 11 is 0. The first kappa shape index (κ1) is 28.6.